The molecule has 3 nitrogen and oxygen atoms in total. The van der Waals surface area contributed by atoms with Gasteiger partial charge in [-0.05, 0) is 52.5 Å². The molecule has 0 unspecified atom stereocenters. The van der Waals surface area contributed by atoms with E-state index >= 15 is 0 Å². The second-order valence-corrected chi connectivity index (χ2v) is 8.54. The number of para-hydroxylation sites is 1. The minimum atomic E-state index is -0.594. The first-order chi connectivity index (χ1) is 16.7. The van der Waals surface area contributed by atoms with Gasteiger partial charge in [-0.15, -0.1) is 0 Å². The average molecular weight is 449 g/mol. The van der Waals surface area contributed by atoms with Gasteiger partial charge in [-0.25, -0.2) is 0 Å². The zero-order valence-corrected chi connectivity index (χ0v) is 19.2. The Morgan fingerprint density at radius 3 is 2.09 bits per heavy atom. The van der Waals surface area contributed by atoms with E-state index in [2.05, 4.69) is 54.6 Å². The van der Waals surface area contributed by atoms with Gasteiger partial charge >= 0.3 is 0 Å². The maximum atomic E-state index is 11.4. The summed E-state index contributed by atoms with van der Waals surface area (Å²) in [6, 6.07) is 36.7. The third-order valence-electron chi connectivity index (χ3n) is 6.45. The largest absolute Gasteiger partial charge is 0.497 e. The van der Waals surface area contributed by atoms with Crippen LogP contribution in [0.1, 0.15) is 34.6 Å². The molecule has 0 heterocycles. The summed E-state index contributed by atoms with van der Waals surface area (Å²) in [5.74, 6) is 1.68. The fourth-order valence-corrected chi connectivity index (χ4v) is 4.82. The smallest absolute Gasteiger partial charge is 0.127 e. The molecule has 1 aliphatic rings. The molecule has 2 atom stereocenters. The van der Waals surface area contributed by atoms with Crippen molar-refractivity contribution in [3.63, 3.8) is 0 Å². The Hall–Kier alpha value is -3.82. The van der Waals surface area contributed by atoms with Crippen LogP contribution in [0.25, 0.3) is 11.1 Å². The molecule has 170 valence electrons. The summed E-state index contributed by atoms with van der Waals surface area (Å²) in [4.78, 5) is 0. The summed E-state index contributed by atoms with van der Waals surface area (Å²) in [5, 5.41) is 11.4. The van der Waals surface area contributed by atoms with Gasteiger partial charge in [-0.2, -0.15) is 0 Å². The minimum absolute atomic E-state index is 0.0850. The average Bonchev–Trinajstić information content (AvgIpc) is 3.25. The van der Waals surface area contributed by atoms with E-state index in [9.17, 15) is 5.11 Å². The monoisotopic (exact) mass is 448 g/mol. The van der Waals surface area contributed by atoms with E-state index in [0.717, 1.165) is 39.3 Å². The molecule has 0 bridgehead atoms. The van der Waals surface area contributed by atoms with Gasteiger partial charge in [0.15, 0.2) is 0 Å². The quantitative estimate of drug-likeness (QED) is 0.341. The Kier molecular flexibility index (Phi) is 6.46. The van der Waals surface area contributed by atoms with Gasteiger partial charge in [0, 0.05) is 11.5 Å². The first-order valence-electron chi connectivity index (χ1n) is 11.6. The van der Waals surface area contributed by atoms with Crippen LogP contribution in [-0.4, -0.2) is 18.3 Å². The molecular weight excluding hydrogens is 420 g/mol. The number of allylic oxidation sites excluding steroid dienone is 1. The SMILES string of the molecule is COc1ccc(C2=C(c3ccccc3OCc3ccccc3)[C@@H](O)C[C@@H]2c2ccccc2)cc1. The van der Waals surface area contributed by atoms with Crippen molar-refractivity contribution in [2.75, 3.05) is 7.11 Å². The molecule has 1 N–H and O–H groups in total. The van der Waals surface area contributed by atoms with Gasteiger partial charge in [0.25, 0.3) is 0 Å². The van der Waals surface area contributed by atoms with Gasteiger partial charge < -0.3 is 14.6 Å². The van der Waals surface area contributed by atoms with Crippen LogP contribution in [0.5, 0.6) is 11.5 Å². The standard InChI is InChI=1S/C31H28O3/c1-33-25-18-16-24(17-19-25)30-27(23-12-6-3-7-13-23)20-28(32)31(30)26-14-8-9-15-29(26)34-21-22-10-4-2-5-11-22/h2-19,27-28,32H,20-21H2,1H3/t27-,28+/m1/s1. The molecule has 1 aliphatic carbocycles. The van der Waals surface area contributed by atoms with E-state index in [0.29, 0.717) is 13.0 Å². The van der Waals surface area contributed by atoms with E-state index in [1.807, 2.05) is 54.6 Å². The van der Waals surface area contributed by atoms with Crippen LogP contribution >= 0.6 is 0 Å². The second-order valence-electron chi connectivity index (χ2n) is 8.54. The van der Waals surface area contributed by atoms with Crippen LogP contribution in [0.3, 0.4) is 0 Å². The first-order valence-corrected chi connectivity index (χ1v) is 11.6. The highest BCUT2D eigenvalue weighted by Crippen LogP contribution is 2.50. The fraction of sp³-hybridized carbons (Fsp3) is 0.161. The predicted octanol–water partition coefficient (Wildman–Crippen LogP) is 6.73. The minimum Gasteiger partial charge on any atom is -0.497 e. The molecule has 0 saturated carbocycles. The number of methoxy groups -OCH3 is 1. The lowest BCUT2D eigenvalue weighted by Crippen LogP contribution is -2.07. The number of hydrogen-bond acceptors (Lipinski definition) is 3. The molecule has 0 saturated heterocycles. The normalized spacial score (nSPS) is 17.6. The molecule has 4 aromatic rings. The van der Waals surface area contributed by atoms with E-state index in [4.69, 9.17) is 9.47 Å². The number of benzene rings is 4. The van der Waals surface area contributed by atoms with Crippen LogP contribution in [0.15, 0.2) is 109 Å². The highest BCUT2D eigenvalue weighted by molar-refractivity contribution is 5.99. The molecule has 4 aromatic carbocycles. The Labute approximate surface area is 200 Å². The van der Waals surface area contributed by atoms with Crippen LogP contribution in [0.4, 0.5) is 0 Å². The molecular formula is C31H28O3. The van der Waals surface area contributed by atoms with Crippen molar-refractivity contribution in [1.29, 1.82) is 0 Å². The van der Waals surface area contributed by atoms with Crippen molar-refractivity contribution in [2.24, 2.45) is 0 Å². The summed E-state index contributed by atoms with van der Waals surface area (Å²) >= 11 is 0. The predicted molar refractivity (Wildman–Crippen MR) is 137 cm³/mol. The highest BCUT2D eigenvalue weighted by atomic mass is 16.5. The van der Waals surface area contributed by atoms with Gasteiger partial charge in [0.2, 0.25) is 0 Å². The lowest BCUT2D eigenvalue weighted by molar-refractivity contribution is 0.225. The van der Waals surface area contributed by atoms with E-state index < -0.39 is 6.10 Å². The van der Waals surface area contributed by atoms with Crippen molar-refractivity contribution in [2.45, 2.75) is 25.0 Å². The van der Waals surface area contributed by atoms with Crippen LogP contribution in [0, 0.1) is 0 Å². The fourth-order valence-electron chi connectivity index (χ4n) is 4.82. The Bertz CT molecular complexity index is 1260. The van der Waals surface area contributed by atoms with Crippen molar-refractivity contribution in [3.05, 3.63) is 131 Å². The number of ether oxygens (including phenoxy) is 2. The number of hydrogen-bond donors (Lipinski definition) is 1. The van der Waals surface area contributed by atoms with Crippen molar-refractivity contribution >= 4 is 11.1 Å². The molecule has 0 aromatic heterocycles. The Morgan fingerprint density at radius 2 is 1.38 bits per heavy atom. The van der Waals surface area contributed by atoms with Crippen molar-refractivity contribution < 1.29 is 14.6 Å². The molecule has 5 rings (SSSR count). The maximum absolute atomic E-state index is 11.4. The molecule has 0 aliphatic heterocycles. The zero-order chi connectivity index (χ0) is 23.3. The van der Waals surface area contributed by atoms with Crippen LogP contribution in [-0.2, 0) is 6.61 Å². The second kappa shape index (κ2) is 9.98. The van der Waals surface area contributed by atoms with Gasteiger partial charge in [-0.3, -0.25) is 0 Å². The molecule has 0 radical (unpaired) electrons. The summed E-state index contributed by atoms with van der Waals surface area (Å²) in [7, 11) is 1.67. The van der Waals surface area contributed by atoms with Crippen LogP contribution < -0.4 is 9.47 Å². The molecule has 3 heteroatoms. The van der Waals surface area contributed by atoms with Crippen molar-refractivity contribution in [1.82, 2.24) is 0 Å². The molecule has 0 spiro atoms. The maximum Gasteiger partial charge on any atom is 0.127 e. The van der Waals surface area contributed by atoms with E-state index in [1.54, 1.807) is 7.11 Å². The lowest BCUT2D eigenvalue weighted by Gasteiger charge is -2.19. The molecule has 34 heavy (non-hydrogen) atoms. The summed E-state index contributed by atoms with van der Waals surface area (Å²) in [6.45, 7) is 0.473. The highest BCUT2D eigenvalue weighted by Gasteiger charge is 2.36. The molecule has 0 amide bonds. The zero-order valence-electron chi connectivity index (χ0n) is 19.2. The summed E-state index contributed by atoms with van der Waals surface area (Å²) in [6.07, 6.45) is 0.0389. The van der Waals surface area contributed by atoms with Crippen molar-refractivity contribution in [3.8, 4) is 11.5 Å². The van der Waals surface area contributed by atoms with E-state index in [1.165, 1.54) is 5.56 Å². The lowest BCUT2D eigenvalue weighted by atomic mass is 9.87. The number of aliphatic hydroxyl groups is 1. The van der Waals surface area contributed by atoms with Gasteiger partial charge in [0.1, 0.15) is 18.1 Å². The third kappa shape index (κ3) is 4.48. The first kappa shape index (κ1) is 22.0. The summed E-state index contributed by atoms with van der Waals surface area (Å²) < 4.78 is 11.7. The summed E-state index contributed by atoms with van der Waals surface area (Å²) in [5.41, 5.74) is 6.40. The Balaban J connectivity index is 1.62. The Morgan fingerprint density at radius 1 is 0.735 bits per heavy atom. The van der Waals surface area contributed by atoms with Gasteiger partial charge in [0.05, 0.1) is 13.2 Å². The number of aliphatic hydroxyl groups excluding tert-OH is 1. The third-order valence-corrected chi connectivity index (χ3v) is 6.45. The van der Waals surface area contributed by atoms with Gasteiger partial charge in [-0.1, -0.05) is 91.0 Å². The molecule has 0 fully saturated rings. The van der Waals surface area contributed by atoms with Crippen LogP contribution in [0.2, 0.25) is 0 Å². The number of rotatable bonds is 7. The topological polar surface area (TPSA) is 38.7 Å². The van der Waals surface area contributed by atoms with E-state index in [-0.39, 0.29) is 5.92 Å².